The van der Waals surface area contributed by atoms with Gasteiger partial charge in [-0.3, -0.25) is 14.4 Å². The summed E-state index contributed by atoms with van der Waals surface area (Å²) in [6.07, 6.45) is 36.9. The van der Waals surface area contributed by atoms with E-state index in [1.54, 1.807) is 0 Å². The van der Waals surface area contributed by atoms with Crippen molar-refractivity contribution in [1.29, 1.82) is 0 Å². The van der Waals surface area contributed by atoms with Crippen LogP contribution in [0.3, 0.4) is 0 Å². The van der Waals surface area contributed by atoms with Gasteiger partial charge in [0.2, 0.25) is 11.8 Å². The Hall–Kier alpha value is -2.42. The zero-order valence-electron chi connectivity index (χ0n) is 32.2. The van der Waals surface area contributed by atoms with Crippen molar-refractivity contribution in [2.45, 2.75) is 212 Å². The van der Waals surface area contributed by atoms with Crippen LogP contribution in [-0.2, 0) is 23.9 Å². The highest BCUT2D eigenvalue weighted by molar-refractivity contribution is 5.87. The lowest BCUT2D eigenvalue weighted by Gasteiger charge is -2.18. The van der Waals surface area contributed by atoms with Crippen LogP contribution in [0.2, 0.25) is 0 Å². The molecule has 292 valence electrons. The van der Waals surface area contributed by atoms with Crippen molar-refractivity contribution in [1.82, 2.24) is 10.6 Å². The molecule has 0 radical (unpaired) electrons. The number of allylic oxidation sites excluding steroid dienone is 2. The summed E-state index contributed by atoms with van der Waals surface area (Å²) in [7, 11) is 0. The minimum Gasteiger partial charge on any atom is -0.480 e. The van der Waals surface area contributed by atoms with E-state index in [0.29, 0.717) is 12.8 Å². The highest BCUT2D eigenvalue weighted by atomic mass is 16.5. The van der Waals surface area contributed by atoms with E-state index >= 15 is 0 Å². The minimum atomic E-state index is -1.38. The van der Waals surface area contributed by atoms with Gasteiger partial charge in [0.1, 0.15) is 12.1 Å². The first kappa shape index (κ1) is 47.6. The third kappa shape index (κ3) is 32.8. The lowest BCUT2D eigenvalue weighted by molar-refractivity contribution is -0.150. The van der Waals surface area contributed by atoms with E-state index in [-0.39, 0.29) is 30.9 Å². The number of unbranched alkanes of at least 4 members (excludes halogenated alkanes) is 21. The van der Waals surface area contributed by atoms with E-state index < -0.39 is 24.5 Å². The number of hydrogen-bond acceptors (Lipinski definition) is 6. The van der Waals surface area contributed by atoms with Crippen LogP contribution in [0, 0.1) is 0 Å². The molecule has 4 N–H and O–H groups in total. The molecule has 2 amide bonds. The smallest absolute Gasteiger partial charge is 0.328 e. The molecule has 9 nitrogen and oxygen atoms in total. The third-order valence-corrected chi connectivity index (χ3v) is 9.26. The van der Waals surface area contributed by atoms with Gasteiger partial charge in [-0.1, -0.05) is 135 Å². The molecule has 0 fully saturated rings. The van der Waals surface area contributed by atoms with Gasteiger partial charge in [0, 0.05) is 12.8 Å². The molecule has 0 aromatic heterocycles. The topological polar surface area (TPSA) is 142 Å². The van der Waals surface area contributed by atoms with Gasteiger partial charge in [-0.15, -0.1) is 0 Å². The lowest BCUT2D eigenvalue weighted by atomic mass is 10.0. The number of carbonyl (C=O) groups excluding carboxylic acids is 3. The predicted molar refractivity (Wildman–Crippen MR) is 204 cm³/mol. The number of carboxylic acid groups (broad SMARTS) is 1. The molecular weight excluding hydrogens is 632 g/mol. The molecule has 0 rings (SSSR count). The Labute approximate surface area is 305 Å². The number of aliphatic carboxylic acids is 1. The molecule has 0 aromatic carbocycles. The first-order valence-corrected chi connectivity index (χ1v) is 20.6. The van der Waals surface area contributed by atoms with Gasteiger partial charge in [-0.05, 0) is 64.2 Å². The predicted octanol–water partition coefficient (Wildman–Crippen LogP) is 9.49. The maximum atomic E-state index is 12.6. The molecule has 0 aliphatic rings. The Bertz CT molecular complexity index is 864. The molecule has 50 heavy (non-hydrogen) atoms. The van der Waals surface area contributed by atoms with Crippen LogP contribution < -0.4 is 10.6 Å². The monoisotopic (exact) mass is 709 g/mol. The summed E-state index contributed by atoms with van der Waals surface area (Å²) in [6, 6.07) is -1.38. The standard InChI is InChI=1S/C41H76N2O7/c1-3-5-7-9-10-11-12-13-14-15-16-17-18-19-20-21-23-29-33-40(47)50-36(30-26-22-8-6-4-2)31-27-24-25-28-32-38(45)42-34-39(46)43-37(35-44)41(48)49/h14-15,36-37,44H,3-13,16-35H2,1-2H3,(H,42,45)(H,43,46)(H,48,49)/b15-14-. The quantitative estimate of drug-likeness (QED) is 0.0286. The third-order valence-electron chi connectivity index (χ3n) is 9.26. The fourth-order valence-corrected chi connectivity index (χ4v) is 6.06. The number of esters is 1. The van der Waals surface area contributed by atoms with Crippen LogP contribution in [0.15, 0.2) is 12.2 Å². The number of nitrogens with one attached hydrogen (secondary N) is 2. The molecule has 9 heteroatoms. The number of carbonyl (C=O) groups is 4. The SMILES string of the molecule is CCCCCCCCC/C=C\CCCCCCCCCC(=O)OC(CCCCCCC)CCCCCCC(=O)NCC(=O)NC(CO)C(=O)O. The highest BCUT2D eigenvalue weighted by Crippen LogP contribution is 2.18. The maximum Gasteiger partial charge on any atom is 0.328 e. The zero-order chi connectivity index (χ0) is 36.9. The molecule has 0 heterocycles. The second-order valence-corrected chi connectivity index (χ2v) is 14.1. The number of ether oxygens (including phenoxy) is 1. The normalized spacial score (nSPS) is 12.5. The second kappa shape index (κ2) is 36.4. The Balaban J connectivity index is 4.03. The fraction of sp³-hybridized carbons (Fsp3) is 0.854. The Morgan fingerprint density at radius 1 is 0.580 bits per heavy atom. The number of carboxylic acids is 1. The van der Waals surface area contributed by atoms with Crippen molar-refractivity contribution in [3.8, 4) is 0 Å². The molecule has 0 saturated heterocycles. The molecular formula is C41H76N2O7. The van der Waals surface area contributed by atoms with E-state index in [4.69, 9.17) is 14.9 Å². The summed E-state index contributed by atoms with van der Waals surface area (Å²) >= 11 is 0. The van der Waals surface area contributed by atoms with Crippen LogP contribution >= 0.6 is 0 Å². The summed E-state index contributed by atoms with van der Waals surface area (Å²) < 4.78 is 5.94. The first-order chi connectivity index (χ1) is 24.3. The Morgan fingerprint density at radius 2 is 1.02 bits per heavy atom. The van der Waals surface area contributed by atoms with Crippen molar-refractivity contribution >= 4 is 23.8 Å². The summed E-state index contributed by atoms with van der Waals surface area (Å²) in [4.78, 5) is 47.3. The van der Waals surface area contributed by atoms with Gasteiger partial charge in [0.25, 0.3) is 0 Å². The highest BCUT2D eigenvalue weighted by Gasteiger charge is 2.19. The fourth-order valence-electron chi connectivity index (χ4n) is 6.06. The van der Waals surface area contributed by atoms with E-state index in [1.165, 1.54) is 116 Å². The van der Waals surface area contributed by atoms with Gasteiger partial charge in [0.15, 0.2) is 0 Å². The summed E-state index contributed by atoms with van der Waals surface area (Å²) in [5.41, 5.74) is 0. The summed E-state index contributed by atoms with van der Waals surface area (Å²) in [5, 5.41) is 22.5. The minimum absolute atomic E-state index is 0.0379. The molecule has 0 spiro atoms. The first-order valence-electron chi connectivity index (χ1n) is 20.6. The average Bonchev–Trinajstić information content (AvgIpc) is 3.10. The van der Waals surface area contributed by atoms with Crippen LogP contribution in [0.4, 0.5) is 0 Å². The van der Waals surface area contributed by atoms with Gasteiger partial charge in [0.05, 0.1) is 13.2 Å². The van der Waals surface area contributed by atoms with Gasteiger partial charge in [-0.25, -0.2) is 4.79 Å². The number of hydrogen-bond donors (Lipinski definition) is 4. The van der Waals surface area contributed by atoms with Crippen LogP contribution in [0.5, 0.6) is 0 Å². The summed E-state index contributed by atoms with van der Waals surface area (Å²) in [5.74, 6) is -2.33. The second-order valence-electron chi connectivity index (χ2n) is 14.1. The molecule has 0 bridgehead atoms. The molecule has 0 aliphatic carbocycles. The van der Waals surface area contributed by atoms with Crippen molar-refractivity contribution in [3.05, 3.63) is 12.2 Å². The van der Waals surface area contributed by atoms with Gasteiger partial charge in [-0.2, -0.15) is 0 Å². The maximum absolute atomic E-state index is 12.6. The van der Waals surface area contributed by atoms with E-state index in [1.807, 2.05) is 0 Å². The van der Waals surface area contributed by atoms with Crippen molar-refractivity contribution < 1.29 is 34.1 Å². The Kier molecular flexibility index (Phi) is 34.6. The zero-order valence-corrected chi connectivity index (χ0v) is 32.2. The van der Waals surface area contributed by atoms with Gasteiger partial charge >= 0.3 is 11.9 Å². The molecule has 2 unspecified atom stereocenters. The van der Waals surface area contributed by atoms with Crippen LogP contribution in [0.1, 0.15) is 200 Å². The molecule has 0 saturated carbocycles. The van der Waals surface area contributed by atoms with E-state index in [2.05, 4.69) is 36.6 Å². The molecule has 0 aliphatic heterocycles. The number of amides is 2. The average molecular weight is 709 g/mol. The lowest BCUT2D eigenvalue weighted by Crippen LogP contribution is -2.47. The van der Waals surface area contributed by atoms with Crippen molar-refractivity contribution in [3.63, 3.8) is 0 Å². The number of aliphatic hydroxyl groups is 1. The Morgan fingerprint density at radius 3 is 1.50 bits per heavy atom. The summed E-state index contributed by atoms with van der Waals surface area (Å²) in [6.45, 7) is 3.43. The number of aliphatic hydroxyl groups excluding tert-OH is 1. The van der Waals surface area contributed by atoms with Crippen LogP contribution in [-0.4, -0.2) is 59.3 Å². The van der Waals surface area contributed by atoms with Crippen molar-refractivity contribution in [2.75, 3.05) is 13.2 Å². The van der Waals surface area contributed by atoms with E-state index in [9.17, 15) is 19.2 Å². The van der Waals surface area contributed by atoms with E-state index in [0.717, 1.165) is 51.4 Å². The largest absolute Gasteiger partial charge is 0.480 e. The van der Waals surface area contributed by atoms with Crippen LogP contribution in [0.25, 0.3) is 0 Å². The molecule has 2 atom stereocenters. The molecule has 0 aromatic rings. The van der Waals surface area contributed by atoms with Crippen molar-refractivity contribution in [2.24, 2.45) is 0 Å². The van der Waals surface area contributed by atoms with Gasteiger partial charge < -0.3 is 25.6 Å². The number of rotatable bonds is 37.